The van der Waals surface area contributed by atoms with Gasteiger partial charge in [-0.3, -0.25) is 0 Å². The predicted molar refractivity (Wildman–Crippen MR) is 76.3 cm³/mol. The quantitative estimate of drug-likeness (QED) is 0.830. The summed E-state index contributed by atoms with van der Waals surface area (Å²) < 4.78 is 0. The zero-order valence-electron chi connectivity index (χ0n) is 11.0. The fourth-order valence-electron chi connectivity index (χ4n) is 2.59. The molecule has 0 saturated carbocycles. The first-order valence-corrected chi connectivity index (χ1v) is 7.19. The molecule has 0 aliphatic heterocycles. The van der Waals surface area contributed by atoms with E-state index >= 15 is 0 Å². The third-order valence-electron chi connectivity index (χ3n) is 3.69. The van der Waals surface area contributed by atoms with Gasteiger partial charge < -0.3 is 10.0 Å². The van der Waals surface area contributed by atoms with Crippen LogP contribution in [0.25, 0.3) is 0 Å². The number of benzene rings is 1. The lowest BCUT2D eigenvalue weighted by atomic mass is 9.90. The SMILES string of the molecule is CN(CCO)CC(Cl)c1ccc2c(c1)CCCC2. The second kappa shape index (κ2) is 6.55. The summed E-state index contributed by atoms with van der Waals surface area (Å²) in [5.41, 5.74) is 4.19. The summed E-state index contributed by atoms with van der Waals surface area (Å²) in [7, 11) is 1.99. The van der Waals surface area contributed by atoms with Gasteiger partial charge in [-0.1, -0.05) is 18.2 Å². The van der Waals surface area contributed by atoms with Gasteiger partial charge in [-0.2, -0.15) is 0 Å². The molecule has 0 heterocycles. The van der Waals surface area contributed by atoms with Crippen molar-refractivity contribution in [1.29, 1.82) is 0 Å². The highest BCUT2D eigenvalue weighted by molar-refractivity contribution is 6.21. The molecule has 1 aliphatic rings. The topological polar surface area (TPSA) is 23.5 Å². The normalized spacial score (nSPS) is 16.7. The fourth-order valence-corrected chi connectivity index (χ4v) is 2.96. The van der Waals surface area contributed by atoms with Gasteiger partial charge in [0.2, 0.25) is 0 Å². The van der Waals surface area contributed by atoms with Crippen molar-refractivity contribution in [3.63, 3.8) is 0 Å². The number of rotatable bonds is 5. The maximum atomic E-state index is 8.89. The highest BCUT2D eigenvalue weighted by Gasteiger charge is 2.14. The predicted octanol–water partition coefficient (Wildman–Crippen LogP) is 2.77. The van der Waals surface area contributed by atoms with Gasteiger partial charge in [-0.15, -0.1) is 11.6 Å². The van der Waals surface area contributed by atoms with E-state index in [1.807, 2.05) is 7.05 Å². The Kier molecular flexibility index (Phi) is 5.04. The summed E-state index contributed by atoms with van der Waals surface area (Å²) in [5.74, 6) is 0. The van der Waals surface area contributed by atoms with Gasteiger partial charge in [0, 0.05) is 13.1 Å². The van der Waals surface area contributed by atoms with Gasteiger partial charge in [0.05, 0.1) is 12.0 Å². The van der Waals surface area contributed by atoms with Gasteiger partial charge in [0.25, 0.3) is 0 Å². The molecule has 1 N–H and O–H groups in total. The van der Waals surface area contributed by atoms with Crippen molar-refractivity contribution in [3.05, 3.63) is 34.9 Å². The largest absolute Gasteiger partial charge is 0.395 e. The minimum Gasteiger partial charge on any atom is -0.395 e. The van der Waals surface area contributed by atoms with Crippen molar-refractivity contribution in [2.45, 2.75) is 31.1 Å². The van der Waals surface area contributed by atoms with Gasteiger partial charge in [0.15, 0.2) is 0 Å². The average Bonchev–Trinajstić information content (AvgIpc) is 2.38. The number of hydrogen-bond acceptors (Lipinski definition) is 2. The molecular formula is C15H22ClNO. The molecule has 3 heteroatoms. The molecule has 0 spiro atoms. The Morgan fingerprint density at radius 1 is 1.28 bits per heavy atom. The van der Waals surface area contributed by atoms with E-state index in [0.29, 0.717) is 6.54 Å². The van der Waals surface area contributed by atoms with Crippen molar-refractivity contribution in [1.82, 2.24) is 4.90 Å². The number of fused-ring (bicyclic) bond motifs is 1. The van der Waals surface area contributed by atoms with Crippen LogP contribution in [0.2, 0.25) is 0 Å². The lowest BCUT2D eigenvalue weighted by molar-refractivity contribution is 0.221. The highest BCUT2D eigenvalue weighted by atomic mass is 35.5. The van der Waals surface area contributed by atoms with Gasteiger partial charge in [-0.05, 0) is 49.4 Å². The maximum Gasteiger partial charge on any atom is 0.0712 e. The van der Waals surface area contributed by atoms with Gasteiger partial charge in [-0.25, -0.2) is 0 Å². The van der Waals surface area contributed by atoms with Crippen LogP contribution in [0.4, 0.5) is 0 Å². The van der Waals surface area contributed by atoms with E-state index in [9.17, 15) is 0 Å². The molecule has 0 saturated heterocycles. The maximum absolute atomic E-state index is 8.89. The molecule has 0 radical (unpaired) electrons. The Morgan fingerprint density at radius 2 is 2.00 bits per heavy atom. The molecule has 1 aromatic carbocycles. The first kappa shape index (κ1) is 13.9. The molecule has 1 aromatic rings. The Hall–Kier alpha value is -0.570. The number of alkyl halides is 1. The van der Waals surface area contributed by atoms with E-state index in [-0.39, 0.29) is 12.0 Å². The molecule has 2 rings (SSSR count). The lowest BCUT2D eigenvalue weighted by Crippen LogP contribution is -2.25. The third kappa shape index (κ3) is 3.47. The number of hydrogen-bond donors (Lipinski definition) is 1. The molecule has 0 amide bonds. The Labute approximate surface area is 115 Å². The molecule has 1 atom stereocenters. The van der Waals surface area contributed by atoms with Crippen LogP contribution >= 0.6 is 11.6 Å². The van der Waals surface area contributed by atoms with E-state index < -0.39 is 0 Å². The van der Waals surface area contributed by atoms with Gasteiger partial charge >= 0.3 is 0 Å². The molecule has 2 nitrogen and oxygen atoms in total. The van der Waals surface area contributed by atoms with E-state index in [1.165, 1.54) is 42.4 Å². The summed E-state index contributed by atoms with van der Waals surface area (Å²) in [6.07, 6.45) is 5.02. The molecule has 1 unspecified atom stereocenters. The zero-order valence-corrected chi connectivity index (χ0v) is 11.8. The van der Waals surface area contributed by atoms with Crippen molar-refractivity contribution >= 4 is 11.6 Å². The molecular weight excluding hydrogens is 246 g/mol. The summed E-state index contributed by atoms with van der Waals surface area (Å²) in [4.78, 5) is 2.07. The Bertz CT molecular complexity index is 394. The molecule has 0 aromatic heterocycles. The smallest absolute Gasteiger partial charge is 0.0712 e. The number of nitrogens with zero attached hydrogens (tertiary/aromatic N) is 1. The van der Waals surface area contributed by atoms with E-state index in [0.717, 1.165) is 6.54 Å². The number of likely N-dealkylation sites (N-methyl/N-ethyl adjacent to an activating group) is 1. The molecule has 0 fully saturated rings. The van der Waals surface area contributed by atoms with E-state index in [4.69, 9.17) is 16.7 Å². The second-order valence-corrected chi connectivity index (χ2v) is 5.72. The summed E-state index contributed by atoms with van der Waals surface area (Å²) in [6, 6.07) is 6.68. The number of halogens is 1. The van der Waals surface area contributed by atoms with Gasteiger partial charge in [0.1, 0.15) is 0 Å². The van der Waals surface area contributed by atoms with Crippen LogP contribution in [0.3, 0.4) is 0 Å². The van der Waals surface area contributed by atoms with Crippen molar-refractivity contribution in [2.75, 3.05) is 26.7 Å². The summed E-state index contributed by atoms with van der Waals surface area (Å²) in [5, 5.41) is 8.90. The lowest BCUT2D eigenvalue weighted by Gasteiger charge is -2.21. The van der Waals surface area contributed by atoms with Crippen molar-refractivity contribution in [2.24, 2.45) is 0 Å². The van der Waals surface area contributed by atoms with Crippen LogP contribution in [-0.4, -0.2) is 36.8 Å². The highest BCUT2D eigenvalue weighted by Crippen LogP contribution is 2.27. The van der Waals surface area contributed by atoms with E-state index in [1.54, 1.807) is 0 Å². The fraction of sp³-hybridized carbons (Fsp3) is 0.600. The summed E-state index contributed by atoms with van der Waals surface area (Å²) in [6.45, 7) is 1.64. The number of aliphatic hydroxyl groups is 1. The van der Waals surface area contributed by atoms with Crippen LogP contribution in [0.15, 0.2) is 18.2 Å². The minimum absolute atomic E-state index is 0.00813. The van der Waals surface area contributed by atoms with Crippen molar-refractivity contribution in [3.8, 4) is 0 Å². The zero-order chi connectivity index (χ0) is 13.0. The second-order valence-electron chi connectivity index (χ2n) is 5.19. The Balaban J connectivity index is 2.04. The van der Waals surface area contributed by atoms with Crippen LogP contribution in [0, 0.1) is 0 Å². The van der Waals surface area contributed by atoms with Crippen LogP contribution in [0.1, 0.15) is 34.9 Å². The van der Waals surface area contributed by atoms with Crippen molar-refractivity contribution < 1.29 is 5.11 Å². The number of aryl methyl sites for hydroxylation is 2. The third-order valence-corrected chi connectivity index (χ3v) is 4.08. The average molecular weight is 268 g/mol. The molecule has 100 valence electrons. The monoisotopic (exact) mass is 267 g/mol. The van der Waals surface area contributed by atoms with E-state index in [2.05, 4.69) is 23.1 Å². The number of aliphatic hydroxyl groups excluding tert-OH is 1. The first-order chi connectivity index (χ1) is 8.70. The minimum atomic E-state index is 0.00813. The molecule has 18 heavy (non-hydrogen) atoms. The van der Waals surface area contributed by atoms with Crippen LogP contribution < -0.4 is 0 Å². The standard InChI is InChI=1S/C15H22ClNO/c1-17(8-9-18)11-15(16)14-7-6-12-4-2-3-5-13(12)10-14/h6-7,10,15,18H,2-5,8-9,11H2,1H3. The van der Waals surface area contributed by atoms with Crippen LogP contribution in [0.5, 0.6) is 0 Å². The molecule has 0 bridgehead atoms. The van der Waals surface area contributed by atoms with Crippen LogP contribution in [-0.2, 0) is 12.8 Å². The Morgan fingerprint density at radius 3 is 2.72 bits per heavy atom. The summed E-state index contributed by atoms with van der Waals surface area (Å²) >= 11 is 6.46. The first-order valence-electron chi connectivity index (χ1n) is 6.76. The molecule has 1 aliphatic carbocycles.